The van der Waals surface area contributed by atoms with Crippen LogP contribution in [0.1, 0.15) is 53.7 Å². The van der Waals surface area contributed by atoms with Crippen molar-refractivity contribution in [1.29, 1.82) is 0 Å². The van der Waals surface area contributed by atoms with Crippen molar-refractivity contribution in [2.24, 2.45) is 0 Å². The highest BCUT2D eigenvalue weighted by Crippen LogP contribution is 2.46. The number of hydrogen-bond acceptors (Lipinski definition) is 4. The van der Waals surface area contributed by atoms with Crippen LogP contribution in [-0.2, 0) is 5.92 Å². The molecule has 1 atom stereocenters. The number of rotatable bonds is 8. The highest BCUT2D eigenvalue weighted by molar-refractivity contribution is 7.98. The zero-order chi connectivity index (χ0) is 22.8. The van der Waals surface area contributed by atoms with Crippen LogP contribution in [0, 0.1) is 0 Å². The topological polar surface area (TPSA) is 41.6 Å². The van der Waals surface area contributed by atoms with E-state index in [0.717, 1.165) is 31.7 Å². The number of amides is 1. The van der Waals surface area contributed by atoms with Gasteiger partial charge in [0, 0.05) is 22.9 Å². The summed E-state index contributed by atoms with van der Waals surface area (Å²) in [6, 6.07) is 12.3. The molecule has 0 radical (unpaired) electrons. The van der Waals surface area contributed by atoms with Crippen molar-refractivity contribution >= 4 is 17.7 Å². The number of hydrogen-bond donors (Lipinski definition) is 1. The first-order valence-electron chi connectivity index (χ1n) is 10.3. The zero-order valence-corrected chi connectivity index (χ0v) is 19.5. The number of carbonyl (C=O) groups is 1. The van der Waals surface area contributed by atoms with Crippen molar-refractivity contribution in [3.63, 3.8) is 0 Å². The van der Waals surface area contributed by atoms with Crippen molar-refractivity contribution in [2.45, 2.75) is 48.6 Å². The molecule has 1 aliphatic rings. The maximum absolute atomic E-state index is 14.0. The summed E-state index contributed by atoms with van der Waals surface area (Å²) >= 11 is 1.26. The predicted octanol–water partition coefficient (Wildman–Crippen LogP) is 5.48. The smallest absolute Gasteiger partial charge is 0.270 e. The Hall–Kier alpha value is -2.12. The average Bonchev–Trinajstić information content (AvgIpc) is 2.70. The fourth-order valence-corrected chi connectivity index (χ4v) is 4.94. The molecule has 3 rings (SSSR count). The van der Waals surface area contributed by atoms with Crippen LogP contribution in [0.15, 0.2) is 47.4 Å². The van der Waals surface area contributed by atoms with Crippen LogP contribution in [0.3, 0.4) is 0 Å². The summed E-state index contributed by atoms with van der Waals surface area (Å²) in [4.78, 5) is 16.2. The minimum atomic E-state index is -3.03. The number of nitrogens with zero attached hydrogens (tertiary/aromatic N) is 1. The van der Waals surface area contributed by atoms with Crippen LogP contribution in [0.25, 0.3) is 0 Å². The lowest BCUT2D eigenvalue weighted by molar-refractivity contribution is 0.0166. The molecule has 0 aromatic heterocycles. The first-order valence-corrected chi connectivity index (χ1v) is 11.5. The Bertz CT molecular complexity index is 900. The molecular formula is C24H30F2N2O2S. The van der Waals surface area contributed by atoms with Crippen LogP contribution in [0.2, 0.25) is 0 Å². The molecule has 1 aliphatic carbocycles. The summed E-state index contributed by atoms with van der Waals surface area (Å²) in [5.41, 5.74) is 0.941. The Kier molecular flexibility index (Phi) is 6.96. The lowest BCUT2D eigenvalue weighted by Crippen LogP contribution is -2.59. The molecule has 1 N–H and O–H groups in total. The Balaban J connectivity index is 2.05. The Morgan fingerprint density at radius 1 is 1.23 bits per heavy atom. The first kappa shape index (κ1) is 23.5. The summed E-state index contributed by atoms with van der Waals surface area (Å²) in [6.45, 7) is 0.842. The number of likely N-dealkylation sites (N-methyl/N-ethyl adjacent to an activating group) is 1. The number of ether oxygens (including phenoxy) is 1. The van der Waals surface area contributed by atoms with Crippen molar-refractivity contribution in [1.82, 2.24) is 10.2 Å². The number of benzene rings is 2. The Morgan fingerprint density at radius 2 is 1.87 bits per heavy atom. The second-order valence-electron chi connectivity index (χ2n) is 8.31. The van der Waals surface area contributed by atoms with Gasteiger partial charge < -0.3 is 15.0 Å². The molecule has 0 bridgehead atoms. The van der Waals surface area contributed by atoms with Crippen molar-refractivity contribution in [3.05, 3.63) is 59.2 Å². The molecule has 1 fully saturated rings. The molecule has 4 nitrogen and oxygen atoms in total. The van der Waals surface area contributed by atoms with E-state index in [9.17, 15) is 13.6 Å². The highest BCUT2D eigenvalue weighted by Gasteiger charge is 2.47. The molecule has 168 valence electrons. The molecule has 0 aliphatic heterocycles. The minimum Gasteiger partial charge on any atom is -0.496 e. The molecule has 31 heavy (non-hydrogen) atoms. The van der Waals surface area contributed by atoms with Gasteiger partial charge in [0.05, 0.1) is 18.7 Å². The minimum absolute atomic E-state index is 0.153. The van der Waals surface area contributed by atoms with Gasteiger partial charge in [-0.3, -0.25) is 4.79 Å². The number of carbonyl (C=O) groups excluding carboxylic acids is 1. The molecule has 0 heterocycles. The SMILES string of the molecule is COc1cc(C(C)(F)F)cc(SC)c1C(=O)NC(c1ccccc1)C1(N(C)C)CCC1. The molecule has 0 saturated heterocycles. The third-order valence-corrected chi connectivity index (χ3v) is 7.06. The van der Waals surface area contributed by atoms with Crippen LogP contribution < -0.4 is 10.1 Å². The zero-order valence-electron chi connectivity index (χ0n) is 18.7. The van der Waals surface area contributed by atoms with Crippen LogP contribution in [0.5, 0.6) is 5.75 Å². The molecule has 1 saturated carbocycles. The van der Waals surface area contributed by atoms with E-state index in [1.54, 1.807) is 6.26 Å². The second kappa shape index (κ2) is 9.17. The lowest BCUT2D eigenvalue weighted by atomic mass is 9.68. The molecule has 0 spiro atoms. The Labute approximate surface area is 187 Å². The van der Waals surface area contributed by atoms with Gasteiger partial charge in [-0.1, -0.05) is 30.3 Å². The molecular weight excluding hydrogens is 418 g/mol. The van der Waals surface area contributed by atoms with Gasteiger partial charge in [0.1, 0.15) is 5.75 Å². The fraction of sp³-hybridized carbons (Fsp3) is 0.458. The van der Waals surface area contributed by atoms with E-state index in [-0.39, 0.29) is 34.4 Å². The average molecular weight is 449 g/mol. The van der Waals surface area contributed by atoms with E-state index >= 15 is 0 Å². The van der Waals surface area contributed by atoms with E-state index in [2.05, 4.69) is 10.2 Å². The molecule has 1 amide bonds. The summed E-state index contributed by atoms with van der Waals surface area (Å²) in [7, 11) is 5.47. The quantitative estimate of drug-likeness (QED) is 0.543. The summed E-state index contributed by atoms with van der Waals surface area (Å²) in [6.07, 6.45) is 4.79. The summed E-state index contributed by atoms with van der Waals surface area (Å²) in [5, 5.41) is 3.22. The number of alkyl halides is 2. The number of methoxy groups -OCH3 is 1. The normalized spacial score (nSPS) is 16.5. The van der Waals surface area contributed by atoms with Gasteiger partial charge in [0.2, 0.25) is 0 Å². The third kappa shape index (κ3) is 4.58. The van der Waals surface area contributed by atoms with Gasteiger partial charge in [-0.15, -0.1) is 11.8 Å². The van der Waals surface area contributed by atoms with E-state index in [1.807, 2.05) is 44.4 Å². The molecule has 1 unspecified atom stereocenters. The lowest BCUT2D eigenvalue weighted by Gasteiger charge is -2.52. The van der Waals surface area contributed by atoms with Crippen LogP contribution >= 0.6 is 11.8 Å². The number of thioether (sulfide) groups is 1. The van der Waals surface area contributed by atoms with Crippen LogP contribution in [-0.4, -0.2) is 43.8 Å². The van der Waals surface area contributed by atoms with E-state index < -0.39 is 5.92 Å². The van der Waals surface area contributed by atoms with Crippen molar-refractivity contribution in [2.75, 3.05) is 27.5 Å². The number of nitrogens with one attached hydrogen (secondary N) is 1. The fourth-order valence-electron chi connectivity index (χ4n) is 4.30. The standard InChI is InChI=1S/C24H30F2N2O2S/c1-23(25,26)17-14-18(30-4)20(19(15-17)31-5)22(29)27-21(16-10-7-6-8-11-16)24(28(2)3)12-9-13-24/h6-8,10-11,14-15,21H,9,12-13H2,1-5H3,(H,27,29). The van der Waals surface area contributed by atoms with Gasteiger partial charge >= 0.3 is 0 Å². The largest absolute Gasteiger partial charge is 0.496 e. The van der Waals surface area contributed by atoms with Gasteiger partial charge in [-0.2, -0.15) is 0 Å². The van der Waals surface area contributed by atoms with Gasteiger partial charge in [-0.25, -0.2) is 8.78 Å². The predicted molar refractivity (Wildman–Crippen MR) is 121 cm³/mol. The van der Waals surface area contributed by atoms with Gasteiger partial charge in [-0.05, 0) is 57.3 Å². The van der Waals surface area contributed by atoms with E-state index in [4.69, 9.17) is 4.74 Å². The maximum atomic E-state index is 14.0. The maximum Gasteiger partial charge on any atom is 0.270 e. The highest BCUT2D eigenvalue weighted by atomic mass is 32.2. The first-order chi connectivity index (χ1) is 14.6. The van der Waals surface area contributed by atoms with Crippen LogP contribution in [0.4, 0.5) is 8.78 Å². The molecule has 2 aromatic carbocycles. The monoisotopic (exact) mass is 448 g/mol. The summed E-state index contributed by atoms with van der Waals surface area (Å²) in [5.74, 6) is -3.20. The van der Waals surface area contributed by atoms with Crippen molar-refractivity contribution < 1.29 is 18.3 Å². The van der Waals surface area contributed by atoms with Crippen molar-refractivity contribution in [3.8, 4) is 5.75 Å². The molecule has 2 aromatic rings. The Morgan fingerprint density at radius 3 is 2.32 bits per heavy atom. The number of halogens is 2. The van der Waals surface area contributed by atoms with E-state index in [1.165, 1.54) is 31.0 Å². The van der Waals surface area contributed by atoms with Gasteiger partial charge in [0.15, 0.2) is 0 Å². The third-order valence-electron chi connectivity index (χ3n) is 6.30. The molecule has 7 heteroatoms. The second-order valence-corrected chi connectivity index (χ2v) is 9.16. The summed E-state index contributed by atoms with van der Waals surface area (Å²) < 4.78 is 33.3. The van der Waals surface area contributed by atoms with E-state index in [0.29, 0.717) is 4.90 Å². The van der Waals surface area contributed by atoms with Gasteiger partial charge in [0.25, 0.3) is 11.8 Å².